The second kappa shape index (κ2) is 4.68. The molecule has 1 fully saturated rings. The maximum atomic E-state index is 13.0. The standard InChI is InChI=1S/C14H14F3N3O/c15-14(16,17)12-7-10(18)2-1-9(12)8-19-5-6-20(13(19)21)11-3-4-11/h1-2,5-7,11H,3-4,8,18H2. The lowest BCUT2D eigenvalue weighted by molar-refractivity contribution is -0.138. The van der Waals surface area contributed by atoms with Crippen LogP contribution >= 0.6 is 0 Å². The highest BCUT2D eigenvalue weighted by atomic mass is 19.4. The molecule has 0 spiro atoms. The second-order valence-electron chi connectivity index (χ2n) is 5.26. The average molecular weight is 297 g/mol. The van der Waals surface area contributed by atoms with Crippen molar-refractivity contribution < 1.29 is 13.2 Å². The van der Waals surface area contributed by atoms with Crippen molar-refractivity contribution in [3.8, 4) is 0 Å². The van der Waals surface area contributed by atoms with E-state index in [0.717, 1.165) is 18.9 Å². The molecule has 1 heterocycles. The fourth-order valence-corrected chi connectivity index (χ4v) is 2.36. The first-order chi connectivity index (χ1) is 9.86. The van der Waals surface area contributed by atoms with Crippen molar-refractivity contribution in [1.29, 1.82) is 0 Å². The highest BCUT2D eigenvalue weighted by molar-refractivity contribution is 5.46. The van der Waals surface area contributed by atoms with Gasteiger partial charge >= 0.3 is 11.9 Å². The first kappa shape index (κ1) is 13.8. The highest BCUT2D eigenvalue weighted by Gasteiger charge is 2.33. The molecule has 0 atom stereocenters. The molecular weight excluding hydrogens is 283 g/mol. The van der Waals surface area contributed by atoms with Crippen LogP contribution in [0, 0.1) is 0 Å². The van der Waals surface area contributed by atoms with Crippen molar-refractivity contribution in [1.82, 2.24) is 9.13 Å². The number of halogens is 3. The van der Waals surface area contributed by atoms with Crippen LogP contribution in [-0.2, 0) is 12.7 Å². The summed E-state index contributed by atoms with van der Waals surface area (Å²) in [6.07, 6.45) is 0.550. The lowest BCUT2D eigenvalue weighted by atomic mass is 10.1. The van der Waals surface area contributed by atoms with Gasteiger partial charge in [0.1, 0.15) is 0 Å². The number of nitrogens with zero attached hydrogens (tertiary/aromatic N) is 2. The van der Waals surface area contributed by atoms with E-state index in [0.29, 0.717) is 0 Å². The largest absolute Gasteiger partial charge is 0.416 e. The number of benzene rings is 1. The lowest BCUT2D eigenvalue weighted by Crippen LogP contribution is -2.24. The van der Waals surface area contributed by atoms with Crippen LogP contribution in [-0.4, -0.2) is 9.13 Å². The number of anilines is 1. The van der Waals surface area contributed by atoms with E-state index < -0.39 is 11.7 Å². The predicted molar refractivity (Wildman–Crippen MR) is 71.9 cm³/mol. The van der Waals surface area contributed by atoms with Gasteiger partial charge < -0.3 is 5.73 Å². The van der Waals surface area contributed by atoms with E-state index in [9.17, 15) is 18.0 Å². The van der Waals surface area contributed by atoms with Crippen LogP contribution < -0.4 is 11.4 Å². The Bertz CT molecular complexity index is 726. The fraction of sp³-hybridized carbons (Fsp3) is 0.357. The van der Waals surface area contributed by atoms with E-state index >= 15 is 0 Å². The zero-order valence-corrected chi connectivity index (χ0v) is 11.1. The minimum Gasteiger partial charge on any atom is -0.399 e. The molecule has 0 saturated heterocycles. The molecule has 2 N–H and O–H groups in total. The molecular formula is C14H14F3N3O. The van der Waals surface area contributed by atoms with Crippen LogP contribution in [0.25, 0.3) is 0 Å². The SMILES string of the molecule is Nc1ccc(Cn2ccn(C3CC3)c2=O)c(C(F)(F)F)c1. The van der Waals surface area contributed by atoms with Gasteiger partial charge in [0.15, 0.2) is 0 Å². The summed E-state index contributed by atoms with van der Waals surface area (Å²) in [7, 11) is 0. The van der Waals surface area contributed by atoms with Gasteiger partial charge in [0.25, 0.3) is 0 Å². The maximum Gasteiger partial charge on any atom is 0.416 e. The van der Waals surface area contributed by atoms with Gasteiger partial charge in [0.05, 0.1) is 12.1 Å². The number of imidazole rings is 1. The number of rotatable bonds is 3. The summed E-state index contributed by atoms with van der Waals surface area (Å²) in [6, 6.07) is 3.83. The molecule has 1 saturated carbocycles. The monoisotopic (exact) mass is 297 g/mol. The summed E-state index contributed by atoms with van der Waals surface area (Å²) in [5.74, 6) is 0. The molecule has 1 aromatic heterocycles. The van der Waals surface area contributed by atoms with Gasteiger partial charge in [-0.15, -0.1) is 0 Å². The molecule has 4 nitrogen and oxygen atoms in total. The van der Waals surface area contributed by atoms with Crippen LogP contribution in [0.15, 0.2) is 35.4 Å². The Morgan fingerprint density at radius 3 is 2.57 bits per heavy atom. The topological polar surface area (TPSA) is 52.9 Å². The third kappa shape index (κ3) is 2.68. The molecule has 7 heteroatoms. The van der Waals surface area contributed by atoms with Crippen LogP contribution in [0.3, 0.4) is 0 Å². The molecule has 1 aliphatic carbocycles. The predicted octanol–water partition coefficient (Wildman–Crippen LogP) is 2.63. The van der Waals surface area contributed by atoms with Gasteiger partial charge in [-0.25, -0.2) is 4.79 Å². The summed E-state index contributed by atoms with van der Waals surface area (Å²) < 4.78 is 41.9. The van der Waals surface area contributed by atoms with Crippen LogP contribution in [0.2, 0.25) is 0 Å². The van der Waals surface area contributed by atoms with E-state index in [-0.39, 0.29) is 29.5 Å². The summed E-state index contributed by atoms with van der Waals surface area (Å²) in [4.78, 5) is 12.1. The number of hydrogen-bond acceptors (Lipinski definition) is 2. The van der Waals surface area contributed by atoms with Crippen molar-refractivity contribution in [3.05, 3.63) is 52.2 Å². The summed E-state index contributed by atoms with van der Waals surface area (Å²) >= 11 is 0. The first-order valence-electron chi connectivity index (χ1n) is 6.59. The van der Waals surface area contributed by atoms with Gasteiger partial charge in [-0.3, -0.25) is 9.13 Å². The summed E-state index contributed by atoms with van der Waals surface area (Å²) in [6.45, 7) is -0.117. The van der Waals surface area contributed by atoms with Crippen LogP contribution in [0.1, 0.15) is 30.0 Å². The molecule has 1 aliphatic rings. The maximum absolute atomic E-state index is 13.0. The summed E-state index contributed by atoms with van der Waals surface area (Å²) in [5, 5.41) is 0. The van der Waals surface area contributed by atoms with E-state index in [1.807, 2.05) is 0 Å². The second-order valence-corrected chi connectivity index (χ2v) is 5.26. The van der Waals surface area contributed by atoms with Crippen LogP contribution in [0.4, 0.5) is 18.9 Å². The van der Waals surface area contributed by atoms with Crippen LogP contribution in [0.5, 0.6) is 0 Å². The molecule has 0 amide bonds. The van der Waals surface area contributed by atoms with Crippen molar-refractivity contribution in [3.63, 3.8) is 0 Å². The van der Waals surface area contributed by atoms with Gasteiger partial charge in [0, 0.05) is 24.1 Å². The van der Waals surface area contributed by atoms with E-state index in [1.165, 1.54) is 22.9 Å². The molecule has 112 valence electrons. The molecule has 1 aromatic carbocycles. The third-order valence-electron chi connectivity index (χ3n) is 3.59. The molecule has 0 aliphatic heterocycles. The Morgan fingerprint density at radius 1 is 1.24 bits per heavy atom. The zero-order chi connectivity index (χ0) is 15.2. The van der Waals surface area contributed by atoms with Crippen molar-refractivity contribution >= 4 is 5.69 Å². The average Bonchev–Trinajstić information content (AvgIpc) is 3.17. The number of nitrogen functional groups attached to an aromatic ring is 1. The Balaban J connectivity index is 1.96. The van der Waals surface area contributed by atoms with Gasteiger partial charge in [-0.1, -0.05) is 6.07 Å². The Hall–Kier alpha value is -2.18. The summed E-state index contributed by atoms with van der Waals surface area (Å²) in [5.41, 5.74) is 4.44. The number of aromatic nitrogens is 2. The molecule has 2 aromatic rings. The number of nitrogens with two attached hydrogens (primary N) is 1. The Kier molecular flexibility index (Phi) is 3.07. The van der Waals surface area contributed by atoms with E-state index in [2.05, 4.69) is 0 Å². The smallest absolute Gasteiger partial charge is 0.399 e. The van der Waals surface area contributed by atoms with Gasteiger partial charge in [0.2, 0.25) is 0 Å². The minimum absolute atomic E-state index is 0.0346. The van der Waals surface area contributed by atoms with Gasteiger partial charge in [-0.2, -0.15) is 13.2 Å². The van der Waals surface area contributed by atoms with E-state index in [4.69, 9.17) is 5.73 Å². The third-order valence-corrected chi connectivity index (χ3v) is 3.59. The minimum atomic E-state index is -4.49. The quantitative estimate of drug-likeness (QED) is 0.885. The van der Waals surface area contributed by atoms with Crippen molar-refractivity contribution in [2.24, 2.45) is 0 Å². The van der Waals surface area contributed by atoms with E-state index in [1.54, 1.807) is 10.8 Å². The number of hydrogen-bond donors (Lipinski definition) is 1. The normalized spacial score (nSPS) is 15.4. The first-order valence-corrected chi connectivity index (χ1v) is 6.59. The Labute approximate surface area is 118 Å². The molecule has 0 bridgehead atoms. The van der Waals surface area contributed by atoms with Gasteiger partial charge in [-0.05, 0) is 30.5 Å². The highest BCUT2D eigenvalue weighted by Crippen LogP contribution is 2.34. The Morgan fingerprint density at radius 2 is 1.95 bits per heavy atom. The molecule has 0 unspecified atom stereocenters. The van der Waals surface area contributed by atoms with Crippen molar-refractivity contribution in [2.75, 3.05) is 5.73 Å². The number of alkyl halides is 3. The lowest BCUT2D eigenvalue weighted by Gasteiger charge is -2.13. The molecule has 3 rings (SSSR count). The van der Waals surface area contributed by atoms with Crippen molar-refractivity contribution in [2.45, 2.75) is 31.6 Å². The molecule has 0 radical (unpaired) electrons. The zero-order valence-electron chi connectivity index (χ0n) is 11.1. The molecule has 21 heavy (non-hydrogen) atoms. The fourth-order valence-electron chi connectivity index (χ4n) is 2.36.